The third kappa shape index (κ3) is 3.25. The lowest BCUT2D eigenvalue weighted by molar-refractivity contribution is 0.245. The Morgan fingerprint density at radius 1 is 1.30 bits per heavy atom. The monoisotopic (exact) mass is 423 g/mol. The smallest absolute Gasteiger partial charge is 0.266 e. The van der Waals surface area contributed by atoms with Crippen LogP contribution in [0.5, 0.6) is 0 Å². The Kier molecular flexibility index (Phi) is 4.58. The van der Waals surface area contributed by atoms with Gasteiger partial charge in [0.15, 0.2) is 4.67 Å². The Morgan fingerprint density at radius 3 is 2.60 bits per heavy atom. The molecule has 0 aliphatic carbocycles. The van der Waals surface area contributed by atoms with Gasteiger partial charge in [-0.05, 0) is 40.5 Å². The molecule has 0 unspecified atom stereocenters. The van der Waals surface area contributed by atoms with Gasteiger partial charge < -0.3 is 9.52 Å². The van der Waals surface area contributed by atoms with E-state index in [1.165, 1.54) is 6.07 Å². The molecule has 0 aliphatic heterocycles. The molecule has 5 nitrogen and oxygen atoms in total. The van der Waals surface area contributed by atoms with Gasteiger partial charge in [0.2, 0.25) is 0 Å². The fourth-order valence-corrected chi connectivity index (χ4v) is 4.04. The predicted octanol–water partition coefficient (Wildman–Crippen LogP) is 3.41. The van der Waals surface area contributed by atoms with Crippen LogP contribution in [0.2, 0.25) is 0 Å². The molecule has 0 radical (unpaired) electrons. The maximum atomic E-state index is 12.3. The number of nitrogens with one attached hydrogen (secondary N) is 1. The van der Waals surface area contributed by atoms with E-state index in [-0.39, 0.29) is 21.9 Å². The minimum Gasteiger partial charge on any atom is -0.450 e. The van der Waals surface area contributed by atoms with Crippen LogP contribution in [0, 0.1) is 6.92 Å². The van der Waals surface area contributed by atoms with Gasteiger partial charge in [-0.25, -0.2) is 8.42 Å². The van der Waals surface area contributed by atoms with E-state index in [1.807, 2.05) is 6.07 Å². The second-order valence-corrected chi connectivity index (χ2v) is 7.36. The Morgan fingerprint density at radius 2 is 2.00 bits per heavy atom. The molecular formula is C12H11Br2NO4S. The maximum absolute atomic E-state index is 12.3. The summed E-state index contributed by atoms with van der Waals surface area (Å²) in [6.07, 6.45) is 0. The molecule has 0 aliphatic rings. The van der Waals surface area contributed by atoms with Gasteiger partial charge in [-0.2, -0.15) is 0 Å². The van der Waals surface area contributed by atoms with Crippen molar-refractivity contribution in [2.75, 3.05) is 4.72 Å². The van der Waals surface area contributed by atoms with Crippen molar-refractivity contribution in [3.63, 3.8) is 0 Å². The first-order valence-corrected chi connectivity index (χ1v) is 8.58. The summed E-state index contributed by atoms with van der Waals surface area (Å²) in [6, 6.07) is 6.57. The van der Waals surface area contributed by atoms with Gasteiger partial charge in [0.25, 0.3) is 10.0 Å². The highest BCUT2D eigenvalue weighted by Crippen LogP contribution is 2.29. The standard InChI is InChI=1S/C12H11Br2NO4S/c1-7-2-3-8(13)4-10(7)15-20(17,18)11-5-9(6-16)19-12(11)14/h2-5,15-16H,6H2,1H3. The van der Waals surface area contributed by atoms with E-state index in [0.717, 1.165) is 10.0 Å². The molecular weight excluding hydrogens is 414 g/mol. The van der Waals surface area contributed by atoms with Crippen LogP contribution >= 0.6 is 31.9 Å². The molecule has 0 atom stereocenters. The predicted molar refractivity (Wildman–Crippen MR) is 82.0 cm³/mol. The molecule has 0 bridgehead atoms. The molecule has 0 fully saturated rings. The van der Waals surface area contributed by atoms with Crippen LogP contribution in [-0.2, 0) is 16.6 Å². The van der Waals surface area contributed by atoms with Crippen molar-refractivity contribution in [1.82, 2.24) is 0 Å². The largest absolute Gasteiger partial charge is 0.450 e. The summed E-state index contributed by atoms with van der Waals surface area (Å²) in [5.74, 6) is 0.170. The quantitative estimate of drug-likeness (QED) is 0.788. The minimum atomic E-state index is -3.80. The van der Waals surface area contributed by atoms with Crippen LogP contribution in [0.25, 0.3) is 0 Å². The topological polar surface area (TPSA) is 79.5 Å². The molecule has 0 saturated heterocycles. The molecule has 1 aromatic heterocycles. The molecule has 2 N–H and O–H groups in total. The van der Waals surface area contributed by atoms with Crippen molar-refractivity contribution in [3.05, 3.63) is 44.7 Å². The fraction of sp³-hybridized carbons (Fsp3) is 0.167. The van der Waals surface area contributed by atoms with Gasteiger partial charge in [0.05, 0.1) is 5.69 Å². The second kappa shape index (κ2) is 5.88. The highest BCUT2D eigenvalue weighted by Gasteiger charge is 2.23. The molecule has 2 aromatic rings. The zero-order valence-corrected chi connectivity index (χ0v) is 14.3. The van der Waals surface area contributed by atoms with Gasteiger partial charge in [0.1, 0.15) is 17.3 Å². The van der Waals surface area contributed by atoms with Crippen LogP contribution in [0.1, 0.15) is 11.3 Å². The van der Waals surface area contributed by atoms with Crippen LogP contribution in [0.3, 0.4) is 0 Å². The molecule has 0 amide bonds. The second-order valence-electron chi connectivity index (χ2n) is 4.07. The summed E-state index contributed by atoms with van der Waals surface area (Å²) >= 11 is 6.33. The van der Waals surface area contributed by atoms with E-state index in [4.69, 9.17) is 9.52 Å². The Balaban J connectivity index is 2.40. The summed E-state index contributed by atoms with van der Waals surface area (Å²) in [5, 5.41) is 8.98. The molecule has 0 spiro atoms. The molecule has 2 rings (SSSR count). The molecule has 8 heteroatoms. The SMILES string of the molecule is Cc1ccc(Br)cc1NS(=O)(=O)c1cc(CO)oc1Br. The van der Waals surface area contributed by atoms with E-state index < -0.39 is 10.0 Å². The van der Waals surface area contributed by atoms with Gasteiger partial charge in [-0.1, -0.05) is 22.0 Å². The highest BCUT2D eigenvalue weighted by atomic mass is 79.9. The summed E-state index contributed by atoms with van der Waals surface area (Å²) in [7, 11) is -3.80. The van der Waals surface area contributed by atoms with Gasteiger partial charge in [0, 0.05) is 10.5 Å². The Labute approximate surface area is 133 Å². The highest BCUT2D eigenvalue weighted by molar-refractivity contribution is 9.10. The molecule has 20 heavy (non-hydrogen) atoms. The van der Waals surface area contributed by atoms with E-state index in [2.05, 4.69) is 36.6 Å². The molecule has 1 aromatic carbocycles. The number of anilines is 1. The maximum Gasteiger partial charge on any atom is 0.266 e. The van der Waals surface area contributed by atoms with E-state index in [1.54, 1.807) is 19.1 Å². The zero-order chi connectivity index (χ0) is 14.9. The van der Waals surface area contributed by atoms with Gasteiger partial charge >= 0.3 is 0 Å². The van der Waals surface area contributed by atoms with E-state index >= 15 is 0 Å². The minimum absolute atomic E-state index is 0.0547. The van der Waals surface area contributed by atoms with Crippen molar-refractivity contribution in [3.8, 4) is 0 Å². The third-order valence-corrected chi connectivity index (χ3v) is 5.31. The summed E-state index contributed by atoms with van der Waals surface area (Å²) in [4.78, 5) is -0.0547. The van der Waals surface area contributed by atoms with Crippen molar-refractivity contribution in [2.45, 2.75) is 18.4 Å². The number of benzene rings is 1. The number of hydrogen-bond acceptors (Lipinski definition) is 4. The van der Waals surface area contributed by atoms with Crippen molar-refractivity contribution < 1.29 is 17.9 Å². The number of aryl methyl sites for hydroxylation is 1. The van der Waals surface area contributed by atoms with Crippen LogP contribution in [0.4, 0.5) is 5.69 Å². The lowest BCUT2D eigenvalue weighted by atomic mass is 10.2. The fourth-order valence-electron chi connectivity index (χ4n) is 1.56. The van der Waals surface area contributed by atoms with Crippen LogP contribution in [-0.4, -0.2) is 13.5 Å². The Hall–Kier alpha value is -0.830. The van der Waals surface area contributed by atoms with Crippen molar-refractivity contribution in [1.29, 1.82) is 0 Å². The first kappa shape index (κ1) is 15.6. The van der Waals surface area contributed by atoms with Gasteiger partial charge in [-0.3, -0.25) is 4.72 Å². The van der Waals surface area contributed by atoms with Gasteiger partial charge in [-0.15, -0.1) is 0 Å². The van der Waals surface area contributed by atoms with Crippen molar-refractivity contribution >= 4 is 47.6 Å². The van der Waals surface area contributed by atoms with E-state index in [0.29, 0.717) is 5.69 Å². The molecule has 0 saturated carbocycles. The average molecular weight is 425 g/mol. The molecule has 1 heterocycles. The average Bonchev–Trinajstić information content (AvgIpc) is 2.76. The number of furan rings is 1. The summed E-state index contributed by atoms with van der Waals surface area (Å²) in [6.45, 7) is 1.43. The first-order valence-electron chi connectivity index (χ1n) is 5.51. The van der Waals surface area contributed by atoms with E-state index in [9.17, 15) is 8.42 Å². The zero-order valence-electron chi connectivity index (χ0n) is 10.4. The number of rotatable bonds is 4. The number of aliphatic hydroxyl groups excluding tert-OH is 1. The molecule has 108 valence electrons. The number of hydrogen-bond donors (Lipinski definition) is 2. The first-order chi connectivity index (χ1) is 9.33. The number of sulfonamides is 1. The lowest BCUT2D eigenvalue weighted by Crippen LogP contribution is -2.13. The Bertz CT molecular complexity index is 740. The normalized spacial score (nSPS) is 11.6. The van der Waals surface area contributed by atoms with Crippen LogP contribution < -0.4 is 4.72 Å². The third-order valence-electron chi connectivity index (χ3n) is 2.60. The lowest BCUT2D eigenvalue weighted by Gasteiger charge is -2.09. The number of halogens is 2. The number of aliphatic hydroxyl groups is 1. The van der Waals surface area contributed by atoms with Crippen LogP contribution in [0.15, 0.2) is 42.7 Å². The summed E-state index contributed by atoms with van der Waals surface area (Å²) in [5.41, 5.74) is 1.26. The van der Waals surface area contributed by atoms with Crippen molar-refractivity contribution in [2.24, 2.45) is 0 Å². The summed E-state index contributed by atoms with van der Waals surface area (Å²) < 4.78 is 33.0.